The summed E-state index contributed by atoms with van der Waals surface area (Å²) in [6.07, 6.45) is 2.08. The Balaban J connectivity index is 1.57. The molecule has 1 fully saturated rings. The van der Waals surface area contributed by atoms with E-state index < -0.39 is 36.6 Å². The van der Waals surface area contributed by atoms with Crippen LogP contribution in [0.25, 0.3) is 0 Å². The maximum atomic E-state index is 12.9. The Kier molecular flexibility index (Phi) is 4.29. The van der Waals surface area contributed by atoms with Crippen LogP contribution < -0.4 is 5.73 Å². The van der Waals surface area contributed by atoms with Gasteiger partial charge >= 0.3 is 6.03 Å². The highest BCUT2D eigenvalue weighted by molar-refractivity contribution is 6.06. The number of hydrogen-bond donors (Lipinski definition) is 1. The van der Waals surface area contributed by atoms with Gasteiger partial charge in [-0.3, -0.25) is 14.5 Å². The number of nitrogens with zero attached hydrogens (tertiary/aromatic N) is 5. The van der Waals surface area contributed by atoms with Crippen molar-refractivity contribution in [1.29, 1.82) is 0 Å². The molecule has 3 heterocycles. The molecule has 28 heavy (non-hydrogen) atoms. The van der Waals surface area contributed by atoms with E-state index in [9.17, 15) is 14.4 Å². The molecule has 3 aliphatic rings. The Bertz CT molecular complexity index is 896. The number of guanidine groups is 1. The predicted octanol–water partition coefficient (Wildman–Crippen LogP) is 0.152. The summed E-state index contributed by atoms with van der Waals surface area (Å²) in [6.45, 7) is 2.23. The first-order valence-corrected chi connectivity index (χ1v) is 9.11. The first-order valence-electron chi connectivity index (χ1n) is 9.11. The van der Waals surface area contributed by atoms with Gasteiger partial charge in [0.1, 0.15) is 6.54 Å². The van der Waals surface area contributed by atoms with Crippen molar-refractivity contribution in [1.82, 2.24) is 19.6 Å². The first kappa shape index (κ1) is 18.0. The average molecular weight is 382 g/mol. The van der Waals surface area contributed by atoms with Crippen LogP contribution in [0.2, 0.25) is 0 Å². The van der Waals surface area contributed by atoms with Crippen LogP contribution in [0.4, 0.5) is 4.79 Å². The van der Waals surface area contributed by atoms with E-state index in [1.807, 2.05) is 31.3 Å². The number of nitrogens with two attached hydrogens (primary N) is 1. The molecule has 3 aliphatic heterocycles. The number of amides is 4. The fourth-order valence-corrected chi connectivity index (χ4v) is 3.87. The fourth-order valence-electron chi connectivity index (χ4n) is 3.87. The summed E-state index contributed by atoms with van der Waals surface area (Å²) in [5.74, 6) is -0.540. The van der Waals surface area contributed by atoms with E-state index in [0.29, 0.717) is 12.5 Å². The van der Waals surface area contributed by atoms with Crippen LogP contribution in [0.5, 0.6) is 0 Å². The molecule has 2 N–H and O–H groups in total. The number of carbonyl (C=O) groups is 3. The van der Waals surface area contributed by atoms with Crippen LogP contribution in [0.1, 0.15) is 12.5 Å². The summed E-state index contributed by atoms with van der Waals surface area (Å²) < 4.78 is 0. The third-order valence-corrected chi connectivity index (χ3v) is 5.28. The van der Waals surface area contributed by atoms with Gasteiger partial charge in [-0.25, -0.2) is 9.79 Å². The number of carbonyl (C=O) groups excluding carboxylic acids is 3. The minimum absolute atomic E-state index is 0.436. The standard InChI is InChI=1S/C19H22N6O3/c1-12-10-24-15-16(22(2)19(28)25(17(15)27)11-14(20)26)21-18(24)23(12)9-8-13-6-4-3-5-7-13/h3-7,10,15-16H,8-9,11H2,1-2H3,(H2,20,26). The van der Waals surface area contributed by atoms with Gasteiger partial charge in [0, 0.05) is 25.5 Å². The van der Waals surface area contributed by atoms with E-state index in [0.717, 1.165) is 17.0 Å². The van der Waals surface area contributed by atoms with Gasteiger partial charge in [-0.1, -0.05) is 30.3 Å². The molecule has 0 bridgehead atoms. The van der Waals surface area contributed by atoms with Gasteiger partial charge in [0.15, 0.2) is 12.2 Å². The zero-order valence-corrected chi connectivity index (χ0v) is 15.8. The summed E-state index contributed by atoms with van der Waals surface area (Å²) >= 11 is 0. The van der Waals surface area contributed by atoms with E-state index in [1.165, 1.54) is 10.5 Å². The van der Waals surface area contributed by atoms with Crippen LogP contribution in [0, 0.1) is 0 Å². The van der Waals surface area contributed by atoms with Gasteiger partial charge in [0.2, 0.25) is 11.9 Å². The van der Waals surface area contributed by atoms with Crippen LogP contribution in [0.15, 0.2) is 47.2 Å². The number of hydrogen-bond acceptors (Lipinski definition) is 6. The first-order chi connectivity index (χ1) is 13.4. The van der Waals surface area contributed by atoms with Crippen LogP contribution in [-0.2, 0) is 16.0 Å². The van der Waals surface area contributed by atoms with E-state index in [4.69, 9.17) is 5.73 Å². The molecule has 0 radical (unpaired) electrons. The van der Waals surface area contributed by atoms with Gasteiger partial charge in [0.25, 0.3) is 5.91 Å². The van der Waals surface area contributed by atoms with Crippen molar-refractivity contribution >= 4 is 23.8 Å². The van der Waals surface area contributed by atoms with Gasteiger partial charge in [-0.2, -0.15) is 0 Å². The van der Waals surface area contributed by atoms with E-state index in [1.54, 1.807) is 11.9 Å². The number of imide groups is 1. The Labute approximate surface area is 162 Å². The second-order valence-electron chi connectivity index (χ2n) is 7.14. The molecule has 0 saturated carbocycles. The fraction of sp³-hybridized carbons (Fsp3) is 0.368. The molecule has 0 aliphatic carbocycles. The second kappa shape index (κ2) is 6.66. The summed E-state index contributed by atoms with van der Waals surface area (Å²) in [5, 5.41) is 0. The quantitative estimate of drug-likeness (QED) is 0.781. The van der Waals surface area contributed by atoms with Crippen LogP contribution >= 0.6 is 0 Å². The number of fused-ring (bicyclic) bond motifs is 3. The summed E-state index contributed by atoms with van der Waals surface area (Å²) in [7, 11) is 1.58. The molecule has 9 nitrogen and oxygen atoms in total. The van der Waals surface area contributed by atoms with Gasteiger partial charge in [-0.05, 0) is 18.9 Å². The maximum Gasteiger partial charge on any atom is 0.328 e. The van der Waals surface area contributed by atoms with Gasteiger partial charge < -0.3 is 20.4 Å². The van der Waals surface area contributed by atoms with Gasteiger partial charge in [0.05, 0.1) is 0 Å². The topological polar surface area (TPSA) is 103 Å². The van der Waals surface area contributed by atoms with E-state index in [-0.39, 0.29) is 0 Å². The zero-order chi connectivity index (χ0) is 20.0. The third-order valence-electron chi connectivity index (χ3n) is 5.28. The Hall–Kier alpha value is -3.36. The predicted molar refractivity (Wildman–Crippen MR) is 102 cm³/mol. The van der Waals surface area contributed by atoms with Crippen molar-refractivity contribution in [2.75, 3.05) is 20.1 Å². The third kappa shape index (κ3) is 2.79. The van der Waals surface area contributed by atoms with Gasteiger partial charge in [-0.15, -0.1) is 0 Å². The number of likely N-dealkylation sites (N-methyl/N-ethyl adjacent to an activating group) is 1. The molecule has 2 atom stereocenters. The monoisotopic (exact) mass is 382 g/mol. The minimum atomic E-state index is -0.731. The second-order valence-corrected chi connectivity index (χ2v) is 7.14. The summed E-state index contributed by atoms with van der Waals surface area (Å²) in [5.41, 5.74) is 7.39. The van der Waals surface area contributed by atoms with Crippen LogP contribution in [-0.4, -0.2) is 75.7 Å². The lowest BCUT2D eigenvalue weighted by molar-refractivity contribution is -0.139. The number of primary amides is 1. The lowest BCUT2D eigenvalue weighted by Crippen LogP contribution is -2.65. The molecule has 4 rings (SSSR count). The van der Waals surface area contributed by atoms with Crippen molar-refractivity contribution < 1.29 is 14.4 Å². The number of urea groups is 1. The van der Waals surface area contributed by atoms with Crippen molar-refractivity contribution in [2.24, 2.45) is 10.7 Å². The number of aliphatic imine (C=N–C) groups is 1. The SMILES string of the molecule is CC1=CN2C(=NC3C2C(=O)N(CC(N)=O)C(=O)N3C)N1CCc1ccccc1. The molecule has 4 amide bonds. The Morgan fingerprint density at radius 1 is 1.18 bits per heavy atom. The minimum Gasteiger partial charge on any atom is -0.368 e. The number of allylic oxidation sites excluding steroid dienone is 1. The summed E-state index contributed by atoms with van der Waals surface area (Å²) in [6, 6.07) is 8.88. The molecular weight excluding hydrogens is 360 g/mol. The Morgan fingerprint density at radius 2 is 1.89 bits per heavy atom. The molecular formula is C19H22N6O3. The van der Waals surface area contributed by atoms with E-state index in [2.05, 4.69) is 22.0 Å². The maximum absolute atomic E-state index is 12.9. The van der Waals surface area contributed by atoms with E-state index >= 15 is 0 Å². The molecule has 1 saturated heterocycles. The molecule has 0 spiro atoms. The molecule has 1 aromatic rings. The molecule has 1 aromatic carbocycles. The lowest BCUT2D eigenvalue weighted by Gasteiger charge is -2.39. The largest absolute Gasteiger partial charge is 0.368 e. The summed E-state index contributed by atoms with van der Waals surface area (Å²) in [4.78, 5) is 47.5. The number of benzene rings is 1. The molecule has 9 heteroatoms. The van der Waals surface area contributed by atoms with Crippen LogP contribution in [0.3, 0.4) is 0 Å². The van der Waals surface area contributed by atoms with Crippen molar-refractivity contribution in [3.63, 3.8) is 0 Å². The Morgan fingerprint density at radius 3 is 2.57 bits per heavy atom. The molecule has 0 aromatic heterocycles. The average Bonchev–Trinajstić information content (AvgIpc) is 3.17. The normalized spacial score (nSPS) is 23.6. The smallest absolute Gasteiger partial charge is 0.328 e. The molecule has 146 valence electrons. The highest BCUT2D eigenvalue weighted by Gasteiger charge is 2.54. The zero-order valence-electron chi connectivity index (χ0n) is 15.8. The van der Waals surface area contributed by atoms with Crippen molar-refractivity contribution in [3.8, 4) is 0 Å². The highest BCUT2D eigenvalue weighted by Crippen LogP contribution is 2.33. The molecule has 2 unspecified atom stereocenters. The van der Waals surface area contributed by atoms with Crippen molar-refractivity contribution in [2.45, 2.75) is 25.6 Å². The lowest BCUT2D eigenvalue weighted by atomic mass is 10.1. The van der Waals surface area contributed by atoms with Crippen molar-refractivity contribution in [3.05, 3.63) is 47.8 Å². The number of rotatable bonds is 5. The highest BCUT2D eigenvalue weighted by atomic mass is 16.2.